The van der Waals surface area contributed by atoms with Gasteiger partial charge in [0.05, 0.1) is 11.1 Å². The molecule has 0 aromatic carbocycles. The fraction of sp³-hybridized carbons (Fsp3) is 0.533. The van der Waals surface area contributed by atoms with Gasteiger partial charge >= 0.3 is 6.03 Å². The lowest BCUT2D eigenvalue weighted by Crippen LogP contribution is -2.33. The Labute approximate surface area is 129 Å². The monoisotopic (exact) mass is 306 g/mol. The quantitative estimate of drug-likeness (QED) is 0.656. The molecule has 1 aliphatic rings. The predicted octanol–water partition coefficient (Wildman–Crippen LogP) is 1.54. The summed E-state index contributed by atoms with van der Waals surface area (Å²) in [6.07, 6.45) is 2.14. The van der Waals surface area contributed by atoms with Gasteiger partial charge in [-0.25, -0.2) is 9.48 Å². The molecule has 0 aliphatic carbocycles. The number of imide groups is 1. The summed E-state index contributed by atoms with van der Waals surface area (Å²) in [5.74, 6) is -0.394. The molecule has 1 fully saturated rings. The van der Waals surface area contributed by atoms with E-state index in [2.05, 4.69) is 10.4 Å². The smallest absolute Gasteiger partial charge is 0.303 e. The summed E-state index contributed by atoms with van der Waals surface area (Å²) in [6, 6.07) is -0.442. The van der Waals surface area contributed by atoms with E-state index in [1.807, 2.05) is 27.7 Å². The maximum atomic E-state index is 12.5. The number of nitrogens with zero attached hydrogens (tertiary/aromatic N) is 2. The molecule has 1 aromatic heterocycles. The number of nitrogens with one attached hydrogen (secondary N) is 2. The second-order valence-corrected chi connectivity index (χ2v) is 6.41. The zero-order valence-corrected chi connectivity index (χ0v) is 13.6. The maximum absolute atomic E-state index is 12.5. The molecule has 1 aromatic rings. The van der Waals surface area contributed by atoms with Crippen LogP contribution in [0.2, 0.25) is 0 Å². The first-order chi connectivity index (χ1) is 10.2. The Morgan fingerprint density at radius 1 is 1.18 bits per heavy atom. The number of aryl methyl sites for hydroxylation is 1. The molecule has 0 saturated carbocycles. The van der Waals surface area contributed by atoms with Crippen molar-refractivity contribution in [2.24, 2.45) is 0 Å². The van der Waals surface area contributed by atoms with Gasteiger partial charge in [0.15, 0.2) is 0 Å². The topological polar surface area (TPSA) is 87.2 Å². The number of H-pyrrole nitrogens is 1. The van der Waals surface area contributed by atoms with E-state index in [4.69, 9.17) is 0 Å². The first kappa shape index (κ1) is 16.1. The van der Waals surface area contributed by atoms with Gasteiger partial charge in [0.25, 0.3) is 11.5 Å². The van der Waals surface area contributed by atoms with Crippen LogP contribution < -0.4 is 10.9 Å². The van der Waals surface area contributed by atoms with Crippen molar-refractivity contribution in [2.75, 3.05) is 6.54 Å². The van der Waals surface area contributed by atoms with Gasteiger partial charge < -0.3 is 5.32 Å². The SMILES string of the molecule is CCCN1C(=O)N/C(=C\c2c(C)[nH]n(C(C)(C)C)c2=O)C1=O. The van der Waals surface area contributed by atoms with Crippen molar-refractivity contribution in [3.63, 3.8) is 0 Å². The molecule has 1 aliphatic heterocycles. The molecule has 7 nitrogen and oxygen atoms in total. The van der Waals surface area contributed by atoms with E-state index < -0.39 is 17.5 Å². The molecule has 0 unspecified atom stereocenters. The normalized spacial score (nSPS) is 17.5. The molecular weight excluding hydrogens is 284 g/mol. The highest BCUT2D eigenvalue weighted by Crippen LogP contribution is 2.16. The molecule has 0 radical (unpaired) electrons. The Balaban J connectivity index is 2.43. The number of carbonyl (C=O) groups excluding carboxylic acids is 2. The molecule has 120 valence electrons. The Bertz CT molecular complexity index is 703. The lowest BCUT2D eigenvalue weighted by Gasteiger charge is -2.19. The van der Waals surface area contributed by atoms with Gasteiger partial charge in [0, 0.05) is 12.2 Å². The maximum Gasteiger partial charge on any atom is 0.329 e. The second kappa shape index (κ2) is 5.47. The summed E-state index contributed by atoms with van der Waals surface area (Å²) >= 11 is 0. The zero-order valence-electron chi connectivity index (χ0n) is 13.6. The van der Waals surface area contributed by atoms with E-state index >= 15 is 0 Å². The molecule has 2 heterocycles. The van der Waals surface area contributed by atoms with Gasteiger partial charge in [-0.15, -0.1) is 0 Å². The molecular formula is C15H22N4O3. The summed E-state index contributed by atoms with van der Waals surface area (Å²) in [4.78, 5) is 37.6. The van der Waals surface area contributed by atoms with Gasteiger partial charge in [-0.1, -0.05) is 6.92 Å². The molecule has 2 rings (SSSR count). The Kier molecular flexibility index (Phi) is 4.00. The number of aromatic amines is 1. The highest BCUT2D eigenvalue weighted by Gasteiger charge is 2.33. The minimum Gasteiger partial charge on any atom is -0.303 e. The number of amides is 3. The number of rotatable bonds is 3. The van der Waals surface area contributed by atoms with Gasteiger partial charge in [-0.2, -0.15) is 0 Å². The van der Waals surface area contributed by atoms with Gasteiger partial charge in [-0.3, -0.25) is 19.6 Å². The van der Waals surface area contributed by atoms with Gasteiger partial charge in [0.2, 0.25) is 0 Å². The molecule has 3 amide bonds. The van der Waals surface area contributed by atoms with Crippen LogP contribution in [0.25, 0.3) is 6.08 Å². The van der Waals surface area contributed by atoms with Crippen molar-refractivity contribution in [1.82, 2.24) is 20.0 Å². The number of urea groups is 1. The third-order valence-electron chi connectivity index (χ3n) is 3.49. The largest absolute Gasteiger partial charge is 0.329 e. The summed E-state index contributed by atoms with van der Waals surface area (Å²) in [5, 5.41) is 5.54. The second-order valence-electron chi connectivity index (χ2n) is 6.41. The highest BCUT2D eigenvalue weighted by atomic mass is 16.2. The number of carbonyl (C=O) groups is 2. The average molecular weight is 306 g/mol. The van der Waals surface area contributed by atoms with E-state index in [1.165, 1.54) is 10.8 Å². The van der Waals surface area contributed by atoms with E-state index in [9.17, 15) is 14.4 Å². The lowest BCUT2D eigenvalue weighted by atomic mass is 10.1. The van der Waals surface area contributed by atoms with Crippen LogP contribution in [-0.4, -0.2) is 33.2 Å². The Morgan fingerprint density at radius 3 is 2.32 bits per heavy atom. The van der Waals surface area contributed by atoms with E-state index in [1.54, 1.807) is 6.92 Å². The van der Waals surface area contributed by atoms with Crippen molar-refractivity contribution < 1.29 is 9.59 Å². The fourth-order valence-electron chi connectivity index (χ4n) is 2.34. The van der Waals surface area contributed by atoms with Crippen LogP contribution in [0.4, 0.5) is 4.79 Å². The van der Waals surface area contributed by atoms with Crippen molar-refractivity contribution >= 4 is 18.0 Å². The molecule has 0 spiro atoms. The summed E-state index contributed by atoms with van der Waals surface area (Å²) in [7, 11) is 0. The summed E-state index contributed by atoms with van der Waals surface area (Å²) in [6.45, 7) is 9.74. The van der Waals surface area contributed by atoms with Crippen LogP contribution in [-0.2, 0) is 10.3 Å². The van der Waals surface area contributed by atoms with Crippen LogP contribution in [0.5, 0.6) is 0 Å². The predicted molar refractivity (Wildman–Crippen MR) is 83.3 cm³/mol. The molecule has 22 heavy (non-hydrogen) atoms. The third kappa shape index (κ3) is 2.70. The molecule has 0 atom stereocenters. The van der Waals surface area contributed by atoms with Gasteiger partial charge in [-0.05, 0) is 40.2 Å². The summed E-state index contributed by atoms with van der Waals surface area (Å²) in [5.41, 5.74) is 0.572. The average Bonchev–Trinajstić information content (AvgIpc) is 2.83. The number of aromatic nitrogens is 2. The molecule has 1 saturated heterocycles. The Hall–Kier alpha value is -2.31. The van der Waals surface area contributed by atoms with E-state index in [0.29, 0.717) is 24.2 Å². The van der Waals surface area contributed by atoms with Crippen molar-refractivity contribution in [3.8, 4) is 0 Å². The number of hydrogen-bond acceptors (Lipinski definition) is 3. The van der Waals surface area contributed by atoms with Gasteiger partial charge in [0.1, 0.15) is 5.70 Å². The molecule has 7 heteroatoms. The van der Waals surface area contributed by atoms with Crippen LogP contribution >= 0.6 is 0 Å². The zero-order chi connectivity index (χ0) is 16.7. The minimum absolute atomic E-state index is 0.138. The van der Waals surface area contributed by atoms with Crippen LogP contribution in [0.1, 0.15) is 45.4 Å². The molecule has 2 N–H and O–H groups in total. The van der Waals surface area contributed by atoms with Crippen LogP contribution in [0.3, 0.4) is 0 Å². The fourth-order valence-corrected chi connectivity index (χ4v) is 2.34. The first-order valence-corrected chi connectivity index (χ1v) is 7.33. The molecule has 0 bridgehead atoms. The third-order valence-corrected chi connectivity index (χ3v) is 3.49. The first-order valence-electron chi connectivity index (χ1n) is 7.33. The highest BCUT2D eigenvalue weighted by molar-refractivity contribution is 6.13. The summed E-state index contributed by atoms with van der Waals surface area (Å²) < 4.78 is 1.51. The van der Waals surface area contributed by atoms with Crippen molar-refractivity contribution in [1.29, 1.82) is 0 Å². The lowest BCUT2D eigenvalue weighted by molar-refractivity contribution is -0.122. The van der Waals surface area contributed by atoms with Crippen molar-refractivity contribution in [3.05, 3.63) is 27.3 Å². The Morgan fingerprint density at radius 2 is 1.82 bits per heavy atom. The number of hydrogen-bond donors (Lipinski definition) is 2. The minimum atomic E-state index is -0.442. The van der Waals surface area contributed by atoms with E-state index in [0.717, 1.165) is 4.90 Å². The van der Waals surface area contributed by atoms with E-state index in [-0.39, 0.29) is 11.3 Å². The standard InChI is InChI=1S/C15H22N4O3/c1-6-7-18-13(21)11(16-14(18)22)8-10-9(2)17-19(12(10)20)15(3,4)5/h8,17H,6-7H2,1-5H3,(H,16,22)/b11-8-. The van der Waals surface area contributed by atoms with Crippen LogP contribution in [0, 0.1) is 6.92 Å². The van der Waals surface area contributed by atoms with Crippen LogP contribution in [0.15, 0.2) is 10.5 Å². The van der Waals surface area contributed by atoms with Crippen molar-refractivity contribution in [2.45, 2.75) is 46.6 Å².